The van der Waals surface area contributed by atoms with Crippen LogP contribution in [0.3, 0.4) is 0 Å². The van der Waals surface area contributed by atoms with Crippen molar-refractivity contribution in [3.63, 3.8) is 0 Å². The molecule has 1 fully saturated rings. The fraction of sp³-hybridized carbons (Fsp3) is 0.733. The molecule has 5 heteroatoms. The van der Waals surface area contributed by atoms with Crippen molar-refractivity contribution in [3.8, 4) is 0 Å². The number of thiophene rings is 1. The van der Waals surface area contributed by atoms with E-state index >= 15 is 0 Å². The largest absolute Gasteiger partial charge is 0.389 e. The van der Waals surface area contributed by atoms with E-state index in [1.54, 1.807) is 11.3 Å². The quantitative estimate of drug-likeness (QED) is 0.798. The number of aryl methyl sites for hydroxylation is 1. The number of aliphatic hydroxyl groups excluding tert-OH is 1. The minimum absolute atomic E-state index is 0.231. The lowest BCUT2D eigenvalue weighted by Gasteiger charge is -2.20. The van der Waals surface area contributed by atoms with Crippen molar-refractivity contribution in [1.82, 2.24) is 4.90 Å². The Balaban J connectivity index is 1.59. The maximum absolute atomic E-state index is 9.97. The predicted octanol–water partition coefficient (Wildman–Crippen LogP) is 2.04. The third-order valence-electron chi connectivity index (χ3n) is 3.38. The van der Waals surface area contributed by atoms with E-state index in [2.05, 4.69) is 24.0 Å². The zero-order valence-electron chi connectivity index (χ0n) is 12.4. The monoisotopic (exact) mass is 299 g/mol. The van der Waals surface area contributed by atoms with Crippen LogP contribution in [0, 0.1) is 6.92 Å². The molecule has 0 aromatic carbocycles. The summed E-state index contributed by atoms with van der Waals surface area (Å²) in [5.41, 5.74) is 0. The first kappa shape index (κ1) is 15.9. The van der Waals surface area contributed by atoms with Gasteiger partial charge in [-0.3, -0.25) is 4.90 Å². The Morgan fingerprint density at radius 3 is 3.05 bits per heavy atom. The number of rotatable bonds is 8. The van der Waals surface area contributed by atoms with Crippen LogP contribution in [-0.2, 0) is 16.0 Å². The maximum Gasteiger partial charge on any atom is 0.0900 e. The first-order chi connectivity index (χ1) is 9.63. The van der Waals surface area contributed by atoms with Crippen molar-refractivity contribution in [2.24, 2.45) is 0 Å². The summed E-state index contributed by atoms with van der Waals surface area (Å²) < 4.78 is 11.0. The molecule has 2 heterocycles. The molecule has 2 unspecified atom stereocenters. The molecule has 1 aromatic heterocycles. The molecule has 2 rings (SSSR count). The van der Waals surface area contributed by atoms with Crippen molar-refractivity contribution in [2.75, 3.05) is 33.4 Å². The van der Waals surface area contributed by atoms with E-state index in [9.17, 15) is 5.11 Å². The summed E-state index contributed by atoms with van der Waals surface area (Å²) in [6, 6.07) is 4.28. The van der Waals surface area contributed by atoms with Gasteiger partial charge in [-0.05, 0) is 38.9 Å². The number of hydrogen-bond donors (Lipinski definition) is 1. The highest BCUT2D eigenvalue weighted by molar-refractivity contribution is 7.11. The lowest BCUT2D eigenvalue weighted by molar-refractivity contribution is -0.0238. The van der Waals surface area contributed by atoms with E-state index in [1.807, 2.05) is 7.05 Å². The molecule has 4 nitrogen and oxygen atoms in total. The van der Waals surface area contributed by atoms with Gasteiger partial charge in [0, 0.05) is 29.5 Å². The standard InChI is InChI=1S/C15H25NO3S/c1-12-5-6-15(20-12)9-16(2)8-13(17)10-18-11-14-4-3-7-19-14/h5-6,13-14,17H,3-4,7-11H2,1-2H3. The summed E-state index contributed by atoms with van der Waals surface area (Å²) in [6.07, 6.45) is 1.99. The molecule has 0 saturated carbocycles. The average molecular weight is 299 g/mol. The van der Waals surface area contributed by atoms with Gasteiger partial charge in [0.05, 0.1) is 25.4 Å². The Morgan fingerprint density at radius 2 is 2.40 bits per heavy atom. The number of ether oxygens (including phenoxy) is 2. The van der Waals surface area contributed by atoms with Crippen molar-refractivity contribution < 1.29 is 14.6 Å². The average Bonchev–Trinajstić information content (AvgIpc) is 3.01. The second-order valence-corrected chi connectivity index (χ2v) is 6.91. The molecule has 1 N–H and O–H groups in total. The molecule has 1 aliphatic heterocycles. The van der Waals surface area contributed by atoms with Gasteiger partial charge in [0.15, 0.2) is 0 Å². The van der Waals surface area contributed by atoms with Crippen LogP contribution in [0.25, 0.3) is 0 Å². The fourth-order valence-electron chi connectivity index (χ4n) is 2.42. The second-order valence-electron chi connectivity index (χ2n) is 5.54. The molecule has 0 spiro atoms. The van der Waals surface area contributed by atoms with Crippen molar-refractivity contribution in [3.05, 3.63) is 21.9 Å². The van der Waals surface area contributed by atoms with Gasteiger partial charge in [0.25, 0.3) is 0 Å². The topological polar surface area (TPSA) is 41.9 Å². The van der Waals surface area contributed by atoms with Gasteiger partial charge in [-0.15, -0.1) is 11.3 Å². The van der Waals surface area contributed by atoms with Crippen LogP contribution in [-0.4, -0.2) is 55.6 Å². The van der Waals surface area contributed by atoms with Crippen LogP contribution in [0.15, 0.2) is 12.1 Å². The van der Waals surface area contributed by atoms with Gasteiger partial charge in [-0.25, -0.2) is 0 Å². The van der Waals surface area contributed by atoms with Gasteiger partial charge >= 0.3 is 0 Å². The number of likely N-dealkylation sites (N-methyl/N-ethyl adjacent to an activating group) is 1. The van der Waals surface area contributed by atoms with E-state index in [1.165, 1.54) is 9.75 Å². The van der Waals surface area contributed by atoms with Gasteiger partial charge in [-0.1, -0.05) is 0 Å². The van der Waals surface area contributed by atoms with E-state index in [0.717, 1.165) is 26.0 Å². The summed E-state index contributed by atoms with van der Waals surface area (Å²) >= 11 is 1.81. The van der Waals surface area contributed by atoms with Crippen LogP contribution < -0.4 is 0 Å². The van der Waals surface area contributed by atoms with Crippen molar-refractivity contribution >= 4 is 11.3 Å². The molecule has 1 aromatic rings. The molecule has 0 radical (unpaired) electrons. The Hall–Kier alpha value is -0.460. The molecule has 1 saturated heterocycles. The van der Waals surface area contributed by atoms with E-state index in [-0.39, 0.29) is 6.10 Å². The third-order valence-corrected chi connectivity index (χ3v) is 4.37. The third kappa shape index (κ3) is 5.50. The predicted molar refractivity (Wildman–Crippen MR) is 81.2 cm³/mol. The molecule has 1 aliphatic rings. The summed E-state index contributed by atoms with van der Waals surface area (Å²) in [7, 11) is 2.03. The van der Waals surface area contributed by atoms with Gasteiger partial charge in [-0.2, -0.15) is 0 Å². The van der Waals surface area contributed by atoms with Crippen LogP contribution in [0.2, 0.25) is 0 Å². The molecular weight excluding hydrogens is 274 g/mol. The molecule has 0 bridgehead atoms. The van der Waals surface area contributed by atoms with E-state index in [4.69, 9.17) is 9.47 Å². The van der Waals surface area contributed by atoms with Gasteiger partial charge < -0.3 is 14.6 Å². The summed E-state index contributed by atoms with van der Waals surface area (Å²) in [4.78, 5) is 4.79. The van der Waals surface area contributed by atoms with Crippen LogP contribution in [0.5, 0.6) is 0 Å². The first-order valence-electron chi connectivity index (χ1n) is 7.25. The molecule has 0 amide bonds. The molecule has 20 heavy (non-hydrogen) atoms. The van der Waals surface area contributed by atoms with Crippen molar-refractivity contribution in [2.45, 2.75) is 38.5 Å². The molecule has 2 atom stereocenters. The van der Waals surface area contributed by atoms with Gasteiger partial charge in [0.1, 0.15) is 0 Å². The van der Waals surface area contributed by atoms with Crippen LogP contribution in [0.4, 0.5) is 0 Å². The van der Waals surface area contributed by atoms with Gasteiger partial charge in [0.2, 0.25) is 0 Å². The fourth-order valence-corrected chi connectivity index (χ4v) is 3.40. The highest BCUT2D eigenvalue weighted by atomic mass is 32.1. The van der Waals surface area contributed by atoms with E-state index < -0.39 is 6.10 Å². The van der Waals surface area contributed by atoms with E-state index in [0.29, 0.717) is 19.8 Å². The summed E-state index contributed by atoms with van der Waals surface area (Å²) in [6.45, 7) is 5.45. The number of nitrogens with zero attached hydrogens (tertiary/aromatic N) is 1. The minimum Gasteiger partial charge on any atom is -0.389 e. The summed E-state index contributed by atoms with van der Waals surface area (Å²) in [5, 5.41) is 9.97. The smallest absolute Gasteiger partial charge is 0.0900 e. The molecule has 0 aliphatic carbocycles. The number of aliphatic hydroxyl groups is 1. The minimum atomic E-state index is -0.442. The zero-order valence-corrected chi connectivity index (χ0v) is 13.2. The summed E-state index contributed by atoms with van der Waals surface area (Å²) in [5.74, 6) is 0. The Kier molecular flexibility index (Phi) is 6.45. The lowest BCUT2D eigenvalue weighted by atomic mass is 10.2. The van der Waals surface area contributed by atoms with Crippen LogP contribution >= 0.6 is 11.3 Å². The second kappa shape index (κ2) is 8.10. The Morgan fingerprint density at radius 1 is 1.55 bits per heavy atom. The highest BCUT2D eigenvalue weighted by Gasteiger charge is 2.16. The highest BCUT2D eigenvalue weighted by Crippen LogP contribution is 2.16. The normalized spacial score (nSPS) is 20.7. The van der Waals surface area contributed by atoms with Crippen LogP contribution in [0.1, 0.15) is 22.6 Å². The Bertz CT molecular complexity index is 390. The SMILES string of the molecule is Cc1ccc(CN(C)CC(O)COCC2CCCO2)s1. The zero-order chi connectivity index (χ0) is 14.4. The number of hydrogen-bond acceptors (Lipinski definition) is 5. The maximum atomic E-state index is 9.97. The molecule has 114 valence electrons. The first-order valence-corrected chi connectivity index (χ1v) is 8.06. The lowest BCUT2D eigenvalue weighted by Crippen LogP contribution is -2.32. The Labute approximate surface area is 125 Å². The molecular formula is C15H25NO3S. The van der Waals surface area contributed by atoms with Crippen molar-refractivity contribution in [1.29, 1.82) is 0 Å².